The van der Waals surface area contributed by atoms with Crippen LogP contribution in [0.3, 0.4) is 0 Å². The molecule has 1 fully saturated rings. The van der Waals surface area contributed by atoms with E-state index in [1.54, 1.807) is 13.0 Å². The molecule has 1 N–H and O–H groups in total. The minimum atomic E-state index is -0.467. The van der Waals surface area contributed by atoms with Gasteiger partial charge in [0, 0.05) is 17.7 Å². The lowest BCUT2D eigenvalue weighted by Gasteiger charge is -2.27. The first-order valence-electron chi connectivity index (χ1n) is 6.67. The SMILES string of the molecule is CNC(c1cc(C)c(F)cc1F)C1CCCC1C. The number of nitrogens with one attached hydrogen (secondary N) is 1. The van der Waals surface area contributed by atoms with E-state index >= 15 is 0 Å². The van der Waals surface area contributed by atoms with Crippen molar-refractivity contribution in [2.24, 2.45) is 11.8 Å². The second-order valence-corrected chi connectivity index (χ2v) is 5.46. The topological polar surface area (TPSA) is 12.0 Å². The summed E-state index contributed by atoms with van der Waals surface area (Å²) in [5.74, 6) is 0.128. The Bertz CT molecular complexity index is 431. The summed E-state index contributed by atoms with van der Waals surface area (Å²) < 4.78 is 27.3. The second kappa shape index (κ2) is 5.35. The maximum absolute atomic E-state index is 14.0. The van der Waals surface area contributed by atoms with Crippen molar-refractivity contribution < 1.29 is 8.78 Å². The van der Waals surface area contributed by atoms with E-state index in [1.165, 1.54) is 12.8 Å². The molecule has 1 aliphatic rings. The molecule has 0 aliphatic heterocycles. The third kappa shape index (κ3) is 2.41. The molecule has 1 aromatic rings. The van der Waals surface area contributed by atoms with Gasteiger partial charge in [-0.2, -0.15) is 0 Å². The second-order valence-electron chi connectivity index (χ2n) is 5.46. The fourth-order valence-corrected chi connectivity index (χ4v) is 3.19. The summed E-state index contributed by atoms with van der Waals surface area (Å²) in [6.07, 6.45) is 3.51. The van der Waals surface area contributed by atoms with Crippen molar-refractivity contribution in [2.75, 3.05) is 7.05 Å². The first-order chi connectivity index (χ1) is 8.54. The monoisotopic (exact) mass is 253 g/mol. The van der Waals surface area contributed by atoms with Gasteiger partial charge in [0.2, 0.25) is 0 Å². The molecule has 0 radical (unpaired) electrons. The van der Waals surface area contributed by atoms with Crippen LogP contribution in [0.4, 0.5) is 8.78 Å². The maximum Gasteiger partial charge on any atom is 0.130 e. The molecule has 0 aromatic heterocycles. The van der Waals surface area contributed by atoms with Gasteiger partial charge in [0.05, 0.1) is 0 Å². The smallest absolute Gasteiger partial charge is 0.130 e. The molecular weight excluding hydrogens is 232 g/mol. The molecule has 0 saturated heterocycles. The van der Waals surface area contributed by atoms with Crippen molar-refractivity contribution in [3.8, 4) is 0 Å². The number of halogens is 2. The van der Waals surface area contributed by atoms with Crippen LogP contribution in [0, 0.1) is 30.4 Å². The van der Waals surface area contributed by atoms with Crippen LogP contribution in [0.25, 0.3) is 0 Å². The van der Waals surface area contributed by atoms with Gasteiger partial charge in [-0.3, -0.25) is 0 Å². The number of rotatable bonds is 3. The number of aryl methyl sites for hydroxylation is 1. The zero-order valence-electron chi connectivity index (χ0n) is 11.3. The molecule has 0 bridgehead atoms. The summed E-state index contributed by atoms with van der Waals surface area (Å²) in [6, 6.07) is 2.65. The Labute approximate surface area is 108 Å². The number of hydrogen-bond donors (Lipinski definition) is 1. The van der Waals surface area contributed by atoms with Crippen LogP contribution in [-0.4, -0.2) is 7.05 Å². The Kier molecular flexibility index (Phi) is 4.00. The Balaban J connectivity index is 2.35. The van der Waals surface area contributed by atoms with E-state index in [9.17, 15) is 8.78 Å². The summed E-state index contributed by atoms with van der Waals surface area (Å²) in [5.41, 5.74) is 1.12. The molecule has 3 heteroatoms. The van der Waals surface area contributed by atoms with Crippen LogP contribution < -0.4 is 5.32 Å². The molecule has 1 saturated carbocycles. The van der Waals surface area contributed by atoms with Crippen LogP contribution in [0.2, 0.25) is 0 Å². The Morgan fingerprint density at radius 3 is 2.50 bits per heavy atom. The first kappa shape index (κ1) is 13.5. The quantitative estimate of drug-likeness (QED) is 0.859. The van der Waals surface area contributed by atoms with Gasteiger partial charge in [0.15, 0.2) is 0 Å². The van der Waals surface area contributed by atoms with Crippen molar-refractivity contribution in [1.82, 2.24) is 5.32 Å². The lowest BCUT2D eigenvalue weighted by atomic mass is 9.85. The highest BCUT2D eigenvalue weighted by molar-refractivity contribution is 5.29. The van der Waals surface area contributed by atoms with E-state index in [4.69, 9.17) is 0 Å². The Morgan fingerprint density at radius 1 is 1.22 bits per heavy atom. The van der Waals surface area contributed by atoms with Crippen LogP contribution >= 0.6 is 0 Å². The van der Waals surface area contributed by atoms with Crippen molar-refractivity contribution in [3.05, 3.63) is 34.9 Å². The molecule has 100 valence electrons. The van der Waals surface area contributed by atoms with Crippen LogP contribution in [0.5, 0.6) is 0 Å². The molecule has 2 rings (SSSR count). The van der Waals surface area contributed by atoms with Crippen molar-refractivity contribution >= 4 is 0 Å². The van der Waals surface area contributed by atoms with Gasteiger partial charge in [0.25, 0.3) is 0 Å². The highest BCUT2D eigenvalue weighted by Crippen LogP contribution is 2.40. The predicted molar refractivity (Wildman–Crippen MR) is 69.4 cm³/mol. The molecule has 3 unspecified atom stereocenters. The molecular formula is C15H21F2N. The van der Waals surface area contributed by atoms with Gasteiger partial charge < -0.3 is 5.32 Å². The maximum atomic E-state index is 14.0. The highest BCUT2D eigenvalue weighted by atomic mass is 19.1. The van der Waals surface area contributed by atoms with E-state index in [1.807, 2.05) is 7.05 Å². The molecule has 0 spiro atoms. The Morgan fingerprint density at radius 2 is 1.94 bits per heavy atom. The highest BCUT2D eigenvalue weighted by Gasteiger charge is 2.32. The van der Waals surface area contributed by atoms with E-state index in [-0.39, 0.29) is 6.04 Å². The summed E-state index contributed by atoms with van der Waals surface area (Å²) >= 11 is 0. The van der Waals surface area contributed by atoms with Crippen LogP contribution in [0.1, 0.15) is 43.4 Å². The number of hydrogen-bond acceptors (Lipinski definition) is 1. The molecule has 3 atom stereocenters. The lowest BCUT2D eigenvalue weighted by Crippen LogP contribution is -2.28. The Hall–Kier alpha value is -0.960. The normalized spacial score (nSPS) is 25.4. The minimum absolute atomic E-state index is 0.0122. The summed E-state index contributed by atoms with van der Waals surface area (Å²) in [7, 11) is 1.85. The fraction of sp³-hybridized carbons (Fsp3) is 0.600. The molecule has 0 amide bonds. The summed E-state index contributed by atoms with van der Waals surface area (Å²) in [5, 5.41) is 3.22. The minimum Gasteiger partial charge on any atom is -0.313 e. The molecule has 0 heterocycles. The van der Waals surface area contributed by atoms with Crippen LogP contribution in [0.15, 0.2) is 12.1 Å². The zero-order valence-corrected chi connectivity index (χ0v) is 11.3. The van der Waals surface area contributed by atoms with Crippen molar-refractivity contribution in [2.45, 2.75) is 39.2 Å². The van der Waals surface area contributed by atoms with Gasteiger partial charge in [0.1, 0.15) is 11.6 Å². The molecule has 1 aromatic carbocycles. The van der Waals surface area contributed by atoms with E-state index < -0.39 is 11.6 Å². The largest absolute Gasteiger partial charge is 0.313 e. The lowest BCUT2D eigenvalue weighted by molar-refractivity contribution is 0.308. The standard InChI is InChI=1S/C15H21F2N/c1-9-5-4-6-11(9)15(18-3)12-7-10(2)13(16)8-14(12)17/h7-9,11,15,18H,4-6H2,1-3H3. The van der Waals surface area contributed by atoms with Gasteiger partial charge >= 0.3 is 0 Å². The van der Waals surface area contributed by atoms with Crippen LogP contribution in [-0.2, 0) is 0 Å². The molecule has 1 aliphatic carbocycles. The van der Waals surface area contributed by atoms with Crippen molar-refractivity contribution in [3.63, 3.8) is 0 Å². The fourth-order valence-electron chi connectivity index (χ4n) is 3.19. The predicted octanol–water partition coefficient (Wildman–Crippen LogP) is 3.97. The van der Waals surface area contributed by atoms with Gasteiger partial charge in [-0.1, -0.05) is 19.8 Å². The average Bonchev–Trinajstić information content (AvgIpc) is 2.73. The summed E-state index contributed by atoms with van der Waals surface area (Å²) in [4.78, 5) is 0. The van der Waals surface area contributed by atoms with Crippen molar-refractivity contribution in [1.29, 1.82) is 0 Å². The van der Waals surface area contributed by atoms with Gasteiger partial charge in [-0.25, -0.2) is 8.78 Å². The third-order valence-electron chi connectivity index (χ3n) is 4.28. The first-order valence-corrected chi connectivity index (χ1v) is 6.67. The number of benzene rings is 1. The molecule has 1 nitrogen and oxygen atoms in total. The van der Waals surface area contributed by atoms with E-state index in [0.29, 0.717) is 23.0 Å². The summed E-state index contributed by atoms with van der Waals surface area (Å²) in [6.45, 7) is 3.90. The molecule has 18 heavy (non-hydrogen) atoms. The van der Waals surface area contributed by atoms with Gasteiger partial charge in [-0.05, 0) is 43.9 Å². The van der Waals surface area contributed by atoms with E-state index in [2.05, 4.69) is 12.2 Å². The average molecular weight is 253 g/mol. The third-order valence-corrected chi connectivity index (χ3v) is 4.28. The van der Waals surface area contributed by atoms with E-state index in [0.717, 1.165) is 12.5 Å². The van der Waals surface area contributed by atoms with Gasteiger partial charge in [-0.15, -0.1) is 0 Å². The zero-order chi connectivity index (χ0) is 13.3.